The Kier molecular flexibility index (Phi) is 3.05. The van der Waals surface area contributed by atoms with Gasteiger partial charge < -0.3 is 5.32 Å². The van der Waals surface area contributed by atoms with Crippen LogP contribution in [0, 0.1) is 22.2 Å². The highest BCUT2D eigenvalue weighted by atomic mass is 14.8. The molecule has 4 fully saturated rings. The smallest absolute Gasteiger partial charge is 0.00436 e. The number of hydrogen-bond donors (Lipinski definition) is 1. The summed E-state index contributed by atoms with van der Waals surface area (Å²) in [5.41, 5.74) is 2.10. The molecule has 0 radical (unpaired) electrons. The molecule has 0 aromatic rings. The third-order valence-electron chi connectivity index (χ3n) is 6.00. The fourth-order valence-corrected chi connectivity index (χ4v) is 6.62. The fourth-order valence-electron chi connectivity index (χ4n) is 6.62. The van der Waals surface area contributed by atoms with E-state index in [4.69, 9.17) is 0 Å². The molecule has 18 heavy (non-hydrogen) atoms. The molecule has 4 aliphatic carbocycles. The molecule has 4 saturated carbocycles. The molecule has 4 bridgehead atoms. The Morgan fingerprint density at radius 3 is 2.17 bits per heavy atom. The third-order valence-corrected chi connectivity index (χ3v) is 6.00. The molecule has 0 heterocycles. The van der Waals surface area contributed by atoms with Gasteiger partial charge in [-0.05, 0) is 86.6 Å². The van der Waals surface area contributed by atoms with Gasteiger partial charge in [0.15, 0.2) is 0 Å². The molecule has 1 heteroatoms. The van der Waals surface area contributed by atoms with Crippen LogP contribution in [0.15, 0.2) is 0 Å². The second-order valence-electron chi connectivity index (χ2n) is 8.63. The molecular formula is C17H31N. The molecule has 4 rings (SSSR count). The van der Waals surface area contributed by atoms with E-state index in [1.807, 2.05) is 0 Å². The Bertz CT molecular complexity index is 304. The fraction of sp³-hybridized carbons (Fsp3) is 1.00. The van der Waals surface area contributed by atoms with Crippen LogP contribution in [-0.4, -0.2) is 13.1 Å². The van der Waals surface area contributed by atoms with Crippen LogP contribution in [0.2, 0.25) is 0 Å². The maximum absolute atomic E-state index is 3.64. The number of nitrogens with one attached hydrogen (secondary N) is 1. The quantitative estimate of drug-likeness (QED) is 0.713. The highest BCUT2D eigenvalue weighted by Crippen LogP contribution is 2.70. The van der Waals surface area contributed by atoms with Gasteiger partial charge in [-0.3, -0.25) is 0 Å². The van der Waals surface area contributed by atoms with Gasteiger partial charge in [0, 0.05) is 0 Å². The molecule has 104 valence electrons. The Balaban J connectivity index is 1.69. The SMILES string of the molecule is CCCNCCC12CC3CC(C)(CC(C)(C3)C1)C2. The molecule has 0 amide bonds. The molecule has 0 aromatic heterocycles. The van der Waals surface area contributed by atoms with Crippen molar-refractivity contribution in [1.29, 1.82) is 0 Å². The summed E-state index contributed by atoms with van der Waals surface area (Å²) in [5, 5.41) is 3.64. The van der Waals surface area contributed by atoms with E-state index >= 15 is 0 Å². The minimum Gasteiger partial charge on any atom is -0.317 e. The lowest BCUT2D eigenvalue weighted by Crippen LogP contribution is -2.55. The van der Waals surface area contributed by atoms with Gasteiger partial charge in [-0.1, -0.05) is 20.8 Å². The zero-order valence-corrected chi connectivity index (χ0v) is 12.6. The summed E-state index contributed by atoms with van der Waals surface area (Å²) in [6.45, 7) is 9.90. The first-order valence-electron chi connectivity index (χ1n) is 8.17. The minimum atomic E-state index is 0.693. The van der Waals surface area contributed by atoms with Crippen molar-refractivity contribution in [2.45, 2.75) is 72.1 Å². The van der Waals surface area contributed by atoms with E-state index in [1.54, 1.807) is 6.42 Å². The van der Waals surface area contributed by atoms with Crippen molar-refractivity contribution in [3.05, 3.63) is 0 Å². The van der Waals surface area contributed by atoms with Crippen LogP contribution in [0.25, 0.3) is 0 Å². The molecule has 2 unspecified atom stereocenters. The lowest BCUT2D eigenvalue weighted by molar-refractivity contribution is -0.147. The van der Waals surface area contributed by atoms with Crippen molar-refractivity contribution in [2.75, 3.05) is 13.1 Å². The third kappa shape index (κ3) is 2.24. The summed E-state index contributed by atoms with van der Waals surface area (Å²) < 4.78 is 0. The molecular weight excluding hydrogens is 218 g/mol. The van der Waals surface area contributed by atoms with Gasteiger partial charge in [0.25, 0.3) is 0 Å². The van der Waals surface area contributed by atoms with Crippen molar-refractivity contribution in [1.82, 2.24) is 5.32 Å². The standard InChI is InChI=1S/C17H31N/c1-4-6-18-7-5-17-10-14-8-15(2,12-17)11-16(3,9-14)13-17/h14,18H,4-13H2,1-3H3. The normalized spacial score (nSPS) is 49.8. The lowest BCUT2D eigenvalue weighted by atomic mass is 9.40. The summed E-state index contributed by atoms with van der Waals surface area (Å²) in [5.74, 6) is 1.06. The number of rotatable bonds is 5. The van der Waals surface area contributed by atoms with Crippen LogP contribution in [0.3, 0.4) is 0 Å². The van der Waals surface area contributed by atoms with E-state index in [1.165, 1.54) is 58.0 Å². The zero-order chi connectivity index (χ0) is 12.9. The topological polar surface area (TPSA) is 12.0 Å². The first-order chi connectivity index (χ1) is 8.47. The molecule has 0 aromatic carbocycles. The first-order valence-corrected chi connectivity index (χ1v) is 8.17. The molecule has 2 atom stereocenters. The molecule has 0 aliphatic heterocycles. The lowest BCUT2D eigenvalue weighted by Gasteiger charge is -2.65. The largest absolute Gasteiger partial charge is 0.317 e. The predicted molar refractivity (Wildman–Crippen MR) is 77.6 cm³/mol. The van der Waals surface area contributed by atoms with Gasteiger partial charge in [0.1, 0.15) is 0 Å². The average molecular weight is 249 g/mol. The van der Waals surface area contributed by atoms with Crippen molar-refractivity contribution in [3.8, 4) is 0 Å². The van der Waals surface area contributed by atoms with Crippen LogP contribution in [0.4, 0.5) is 0 Å². The van der Waals surface area contributed by atoms with Crippen molar-refractivity contribution in [2.24, 2.45) is 22.2 Å². The monoisotopic (exact) mass is 249 g/mol. The van der Waals surface area contributed by atoms with Crippen LogP contribution < -0.4 is 5.32 Å². The van der Waals surface area contributed by atoms with E-state index in [0.717, 1.165) is 5.92 Å². The van der Waals surface area contributed by atoms with Crippen LogP contribution >= 0.6 is 0 Å². The van der Waals surface area contributed by atoms with Crippen LogP contribution in [0.1, 0.15) is 72.1 Å². The van der Waals surface area contributed by atoms with Gasteiger partial charge in [-0.15, -0.1) is 0 Å². The predicted octanol–water partition coefficient (Wildman–Crippen LogP) is 4.37. The first kappa shape index (κ1) is 13.0. The van der Waals surface area contributed by atoms with Crippen molar-refractivity contribution >= 4 is 0 Å². The van der Waals surface area contributed by atoms with Gasteiger partial charge >= 0.3 is 0 Å². The highest BCUT2D eigenvalue weighted by Gasteiger charge is 2.59. The Morgan fingerprint density at radius 2 is 1.61 bits per heavy atom. The van der Waals surface area contributed by atoms with Gasteiger partial charge in [0.2, 0.25) is 0 Å². The summed E-state index contributed by atoms with van der Waals surface area (Å²) in [4.78, 5) is 0. The van der Waals surface area contributed by atoms with E-state index in [-0.39, 0.29) is 0 Å². The number of hydrogen-bond acceptors (Lipinski definition) is 1. The van der Waals surface area contributed by atoms with Crippen molar-refractivity contribution in [3.63, 3.8) is 0 Å². The summed E-state index contributed by atoms with van der Waals surface area (Å²) in [7, 11) is 0. The molecule has 0 saturated heterocycles. The highest BCUT2D eigenvalue weighted by molar-refractivity contribution is 5.10. The Morgan fingerprint density at radius 1 is 0.944 bits per heavy atom. The summed E-state index contributed by atoms with van der Waals surface area (Å²) in [6, 6.07) is 0. The van der Waals surface area contributed by atoms with Crippen LogP contribution in [0.5, 0.6) is 0 Å². The Labute approximate surface area is 113 Å². The molecule has 1 nitrogen and oxygen atoms in total. The minimum absolute atomic E-state index is 0.693. The van der Waals surface area contributed by atoms with E-state index in [2.05, 4.69) is 26.1 Å². The van der Waals surface area contributed by atoms with Crippen LogP contribution in [-0.2, 0) is 0 Å². The average Bonchev–Trinajstić information content (AvgIpc) is 2.19. The van der Waals surface area contributed by atoms with E-state index in [9.17, 15) is 0 Å². The van der Waals surface area contributed by atoms with Gasteiger partial charge in [0.05, 0.1) is 0 Å². The maximum atomic E-state index is 3.64. The van der Waals surface area contributed by atoms with E-state index in [0.29, 0.717) is 16.2 Å². The maximum Gasteiger partial charge on any atom is -0.00436 e. The molecule has 4 aliphatic rings. The zero-order valence-electron chi connectivity index (χ0n) is 12.6. The second-order valence-corrected chi connectivity index (χ2v) is 8.63. The second kappa shape index (κ2) is 4.23. The summed E-state index contributed by atoms with van der Waals surface area (Å²) in [6.07, 6.45) is 11.9. The van der Waals surface area contributed by atoms with E-state index < -0.39 is 0 Å². The van der Waals surface area contributed by atoms with Gasteiger partial charge in [-0.25, -0.2) is 0 Å². The van der Waals surface area contributed by atoms with Gasteiger partial charge in [-0.2, -0.15) is 0 Å². The summed E-state index contributed by atoms with van der Waals surface area (Å²) >= 11 is 0. The molecule has 0 spiro atoms. The Hall–Kier alpha value is -0.0400. The van der Waals surface area contributed by atoms with Crippen molar-refractivity contribution < 1.29 is 0 Å². The molecule has 1 N–H and O–H groups in total.